The van der Waals surface area contributed by atoms with E-state index >= 15 is 0 Å². The van der Waals surface area contributed by atoms with E-state index in [1.54, 1.807) is 21.8 Å². The number of carbonyl (C=O) groups excluding carboxylic acids is 3. The van der Waals surface area contributed by atoms with Gasteiger partial charge in [0.15, 0.2) is 11.3 Å². The molecule has 1 unspecified atom stereocenters. The van der Waals surface area contributed by atoms with Gasteiger partial charge in [-0.05, 0) is 88.1 Å². The molecular weight excluding hydrogens is 850 g/mol. The molecule has 1 saturated carbocycles. The number of benzene rings is 1. The standard InChI is InChI=1S/C41H50F3N13O3.2ClH/c1-53-33-17-28(6-7-29(33)36(51-53)30-8-9-35(58)50-40(30)59)54-13-10-26(11-14-54)46-18-23-2-4-27(5-3-23)57-22-32(37(52-57)38(43)44)48-41(60)31-19-47-56-15-12-34(49-39(31)56)55-20-24(42)16-25(45)21-55;;/h6-7,12,15,17,19,22-27,30,38,46H,2-5,8-11,13-14,16,18,20-21,45H2,1H3,(H,48,60)(H,50,58,59);2*1H/t23?,24-,25-,27?,30?;;/m1../s1. The van der Waals surface area contributed by atoms with Gasteiger partial charge in [0.2, 0.25) is 11.8 Å². The monoisotopic (exact) mass is 901 g/mol. The highest BCUT2D eigenvalue weighted by Gasteiger charge is 2.33. The third-order valence-electron chi connectivity index (χ3n) is 12.7. The van der Waals surface area contributed by atoms with Crippen molar-refractivity contribution in [2.45, 2.75) is 94.4 Å². The summed E-state index contributed by atoms with van der Waals surface area (Å²) >= 11 is 0. The number of piperidine rings is 3. The summed E-state index contributed by atoms with van der Waals surface area (Å²) in [6, 6.07) is 7.93. The van der Waals surface area contributed by atoms with Crippen LogP contribution in [0.2, 0.25) is 0 Å². The summed E-state index contributed by atoms with van der Waals surface area (Å²) in [5, 5.41) is 23.0. The summed E-state index contributed by atoms with van der Waals surface area (Å²) in [5.41, 5.74) is 8.58. The van der Waals surface area contributed by atoms with Gasteiger partial charge in [-0.1, -0.05) is 0 Å². The predicted molar refractivity (Wildman–Crippen MR) is 232 cm³/mol. The van der Waals surface area contributed by atoms with Gasteiger partial charge in [0.05, 0.1) is 41.6 Å². The molecule has 21 heteroatoms. The molecule has 4 aliphatic rings. The number of anilines is 3. The number of fused-ring (bicyclic) bond motifs is 2. The number of nitrogens with two attached hydrogens (primary N) is 1. The third kappa shape index (κ3) is 9.21. The molecule has 5 aromatic rings. The molecule has 9 rings (SSSR count). The van der Waals surface area contributed by atoms with Crippen LogP contribution in [-0.4, -0.2) is 103 Å². The van der Waals surface area contributed by atoms with Crippen LogP contribution >= 0.6 is 24.8 Å². The lowest BCUT2D eigenvalue weighted by Crippen LogP contribution is -2.48. The van der Waals surface area contributed by atoms with Gasteiger partial charge in [-0.2, -0.15) is 15.3 Å². The second kappa shape index (κ2) is 18.8. The highest BCUT2D eigenvalue weighted by molar-refractivity contribution is 6.08. The molecule has 7 heterocycles. The first-order chi connectivity index (χ1) is 29.0. The van der Waals surface area contributed by atoms with Crippen molar-refractivity contribution in [1.82, 2.24) is 44.8 Å². The van der Waals surface area contributed by atoms with E-state index in [0.29, 0.717) is 42.9 Å². The van der Waals surface area contributed by atoms with Crippen LogP contribution in [-0.2, 0) is 16.6 Å². The van der Waals surface area contributed by atoms with E-state index in [4.69, 9.17) is 5.73 Å². The molecule has 334 valence electrons. The Morgan fingerprint density at radius 1 is 1.00 bits per heavy atom. The average molecular weight is 903 g/mol. The van der Waals surface area contributed by atoms with Crippen LogP contribution in [0.25, 0.3) is 16.6 Å². The Bertz CT molecular complexity index is 2400. The number of alkyl halides is 3. The molecule has 1 aliphatic carbocycles. The lowest BCUT2D eigenvalue weighted by atomic mass is 9.85. The van der Waals surface area contributed by atoms with Crippen LogP contribution in [0.4, 0.5) is 30.4 Å². The third-order valence-corrected chi connectivity index (χ3v) is 12.7. The Kier molecular flexibility index (Phi) is 13.6. The van der Waals surface area contributed by atoms with E-state index in [0.717, 1.165) is 74.7 Å². The van der Waals surface area contributed by atoms with Crippen molar-refractivity contribution >= 4 is 76.3 Å². The molecule has 3 saturated heterocycles. The van der Waals surface area contributed by atoms with E-state index < -0.39 is 30.1 Å². The molecule has 62 heavy (non-hydrogen) atoms. The van der Waals surface area contributed by atoms with Crippen molar-refractivity contribution < 1.29 is 27.6 Å². The molecule has 0 bridgehead atoms. The van der Waals surface area contributed by atoms with Gasteiger partial charge in [0.25, 0.3) is 12.3 Å². The molecular formula is C41H52Cl2F3N13O3. The van der Waals surface area contributed by atoms with Crippen LogP contribution in [0, 0.1) is 5.92 Å². The van der Waals surface area contributed by atoms with Gasteiger partial charge < -0.3 is 26.2 Å². The lowest BCUT2D eigenvalue weighted by Gasteiger charge is -2.35. The molecule has 3 amide bonds. The Balaban J connectivity index is 0.00000289. The Hall–Kier alpha value is -4.98. The molecule has 3 aliphatic heterocycles. The summed E-state index contributed by atoms with van der Waals surface area (Å²) < 4.78 is 47.6. The van der Waals surface area contributed by atoms with Crippen molar-refractivity contribution in [3.63, 3.8) is 0 Å². The maximum atomic E-state index is 14.3. The fraction of sp³-hybridized carbons (Fsp3) is 0.537. The highest BCUT2D eigenvalue weighted by Crippen LogP contribution is 2.36. The summed E-state index contributed by atoms with van der Waals surface area (Å²) in [5.74, 6) is -0.697. The first-order valence-electron chi connectivity index (χ1n) is 20.9. The van der Waals surface area contributed by atoms with E-state index in [9.17, 15) is 27.6 Å². The fourth-order valence-corrected chi connectivity index (χ4v) is 9.47. The number of halogens is 5. The average Bonchev–Trinajstić information content (AvgIpc) is 3.95. The molecule has 3 atom stereocenters. The Morgan fingerprint density at radius 3 is 2.50 bits per heavy atom. The highest BCUT2D eigenvalue weighted by atomic mass is 35.5. The van der Waals surface area contributed by atoms with Crippen LogP contribution in [0.15, 0.2) is 42.9 Å². The minimum atomic E-state index is -2.89. The van der Waals surface area contributed by atoms with Crippen molar-refractivity contribution in [2.75, 3.05) is 47.8 Å². The Morgan fingerprint density at radius 2 is 1.77 bits per heavy atom. The number of imide groups is 1. The summed E-state index contributed by atoms with van der Waals surface area (Å²) in [6.45, 7) is 3.25. The van der Waals surface area contributed by atoms with Crippen molar-refractivity contribution in [3.05, 3.63) is 59.8 Å². The van der Waals surface area contributed by atoms with E-state index in [-0.39, 0.29) is 78.6 Å². The number of nitrogens with one attached hydrogen (secondary N) is 3. The Labute approximate surface area is 368 Å². The smallest absolute Gasteiger partial charge is 0.284 e. The van der Waals surface area contributed by atoms with Crippen molar-refractivity contribution in [3.8, 4) is 0 Å². The summed E-state index contributed by atoms with van der Waals surface area (Å²) in [6.07, 6.45) is 6.92. The van der Waals surface area contributed by atoms with E-state index in [2.05, 4.69) is 53.3 Å². The minimum absolute atomic E-state index is 0. The van der Waals surface area contributed by atoms with Crippen LogP contribution in [0.3, 0.4) is 0 Å². The van der Waals surface area contributed by atoms with Gasteiger partial charge in [0, 0.05) is 68.7 Å². The number of carbonyl (C=O) groups is 3. The number of aromatic nitrogens is 7. The maximum absolute atomic E-state index is 14.3. The second-order valence-electron chi connectivity index (χ2n) is 16.8. The van der Waals surface area contributed by atoms with Crippen LogP contribution < -0.4 is 31.5 Å². The van der Waals surface area contributed by atoms with E-state index in [1.165, 1.54) is 16.9 Å². The molecule has 5 N–H and O–H groups in total. The summed E-state index contributed by atoms with van der Waals surface area (Å²) in [4.78, 5) is 46.4. The molecule has 4 fully saturated rings. The van der Waals surface area contributed by atoms with Gasteiger partial charge in [0.1, 0.15) is 17.6 Å². The zero-order chi connectivity index (χ0) is 41.7. The SMILES string of the molecule is Cl.Cl.Cn1nc(C2CCC(=O)NC2=O)c2ccc(N3CCC(NCC4CCC(n5cc(NC(=O)c6cnn7ccc(N8C[C@H](N)C[C@@H](F)C8)nc67)c(C(F)F)n5)CC4)CC3)cc21. The zero-order valence-corrected chi connectivity index (χ0v) is 35.9. The number of hydrogen-bond acceptors (Lipinski definition) is 11. The number of rotatable bonds is 10. The minimum Gasteiger partial charge on any atom is -0.371 e. The van der Waals surface area contributed by atoms with Crippen molar-refractivity contribution in [2.24, 2.45) is 18.7 Å². The molecule has 1 aromatic carbocycles. The van der Waals surface area contributed by atoms with Gasteiger partial charge in [-0.3, -0.25) is 29.1 Å². The predicted octanol–water partition coefficient (Wildman–Crippen LogP) is 5.23. The quantitative estimate of drug-likeness (QED) is 0.135. The summed E-state index contributed by atoms with van der Waals surface area (Å²) in [7, 11) is 1.88. The van der Waals surface area contributed by atoms with Crippen LogP contribution in [0.1, 0.15) is 97.9 Å². The zero-order valence-electron chi connectivity index (χ0n) is 34.3. The topological polar surface area (TPSA) is 186 Å². The number of aryl methyl sites for hydroxylation is 1. The number of nitrogens with zero attached hydrogens (tertiary/aromatic N) is 9. The number of hydrogen-bond donors (Lipinski definition) is 4. The van der Waals surface area contributed by atoms with E-state index in [1.807, 2.05) is 17.8 Å². The van der Waals surface area contributed by atoms with Gasteiger partial charge in [-0.25, -0.2) is 22.7 Å². The second-order valence-corrected chi connectivity index (χ2v) is 16.8. The number of amides is 3. The van der Waals surface area contributed by atoms with Gasteiger partial charge >= 0.3 is 0 Å². The van der Waals surface area contributed by atoms with Crippen molar-refractivity contribution in [1.29, 1.82) is 0 Å². The lowest BCUT2D eigenvalue weighted by molar-refractivity contribution is -0.134. The van der Waals surface area contributed by atoms with Gasteiger partial charge in [-0.15, -0.1) is 24.8 Å². The molecule has 0 spiro atoms. The molecule has 0 radical (unpaired) electrons. The maximum Gasteiger partial charge on any atom is 0.284 e. The van der Waals surface area contributed by atoms with Crippen LogP contribution in [0.5, 0.6) is 0 Å². The first kappa shape index (κ1) is 45.1. The molecule has 4 aromatic heterocycles. The normalized spacial score (nSPS) is 23.7. The first-order valence-corrected chi connectivity index (χ1v) is 20.9. The largest absolute Gasteiger partial charge is 0.371 e. The molecule has 16 nitrogen and oxygen atoms in total. The fourth-order valence-electron chi connectivity index (χ4n) is 9.47.